The predicted molar refractivity (Wildman–Crippen MR) is 36.5 cm³/mol. The normalized spacial score (nSPS) is 43.1. The van der Waals surface area contributed by atoms with E-state index in [1.54, 1.807) is 4.43 Å². The van der Waals surface area contributed by atoms with Crippen molar-refractivity contribution in [2.24, 2.45) is 5.92 Å². The van der Waals surface area contributed by atoms with Gasteiger partial charge in [-0.05, 0) is 0 Å². The molecule has 1 rings (SSSR count). The van der Waals surface area contributed by atoms with Crippen LogP contribution in [0.2, 0.25) is 0 Å². The van der Waals surface area contributed by atoms with Gasteiger partial charge in [-0.3, -0.25) is 0 Å². The Hall–Kier alpha value is 1.46. The maximum absolute atomic E-state index is 2.60. The molecule has 2 atom stereocenters. The SMILES string of the molecule is CC1C[I-]C(I)C1. The summed E-state index contributed by atoms with van der Waals surface area (Å²) in [6, 6.07) is 0. The van der Waals surface area contributed by atoms with Crippen LogP contribution in [0.1, 0.15) is 13.3 Å². The maximum atomic E-state index is 2.60. The van der Waals surface area contributed by atoms with E-state index >= 15 is 0 Å². The van der Waals surface area contributed by atoms with Crippen LogP contribution in [0.3, 0.4) is 0 Å². The average Bonchev–Trinajstić information content (AvgIpc) is 1.87. The van der Waals surface area contributed by atoms with E-state index < -0.39 is 0 Å². The van der Waals surface area contributed by atoms with E-state index in [9.17, 15) is 0 Å². The Morgan fingerprint density at radius 2 is 2.43 bits per heavy atom. The molecule has 0 aromatic rings. The molecule has 1 aliphatic heterocycles. The molecular weight excluding hydrogens is 314 g/mol. The van der Waals surface area contributed by atoms with E-state index in [-0.39, 0.29) is 0 Å². The van der Waals surface area contributed by atoms with Crippen molar-refractivity contribution in [3.05, 3.63) is 0 Å². The second kappa shape index (κ2) is 2.85. The first kappa shape index (κ1) is 6.58. The molecule has 1 heterocycles. The Labute approximate surface area is 68.8 Å². The Balaban J connectivity index is 2.26. The van der Waals surface area contributed by atoms with Gasteiger partial charge >= 0.3 is 69.4 Å². The molecule has 0 nitrogen and oxygen atoms in total. The molecule has 1 saturated heterocycles. The van der Waals surface area contributed by atoms with E-state index in [4.69, 9.17) is 0 Å². The van der Waals surface area contributed by atoms with Crippen molar-refractivity contribution in [2.45, 2.75) is 15.3 Å². The van der Waals surface area contributed by atoms with Crippen LogP contribution in [-0.2, 0) is 0 Å². The minimum atomic E-state index is 0.626. The number of hydrogen-bond donors (Lipinski definition) is 0. The first-order chi connectivity index (χ1) is 3.29. The molecule has 1 fully saturated rings. The molecule has 0 amide bonds. The van der Waals surface area contributed by atoms with Gasteiger partial charge in [0, 0.05) is 0 Å². The third-order valence-corrected chi connectivity index (χ3v) is 7.32. The summed E-state index contributed by atoms with van der Waals surface area (Å²) in [6.45, 7) is 2.37. The number of hydrogen-bond acceptors (Lipinski definition) is 0. The van der Waals surface area contributed by atoms with Crippen molar-refractivity contribution in [3.8, 4) is 0 Å². The van der Waals surface area contributed by atoms with Gasteiger partial charge in [0.25, 0.3) is 0 Å². The topological polar surface area (TPSA) is 0 Å². The van der Waals surface area contributed by atoms with Gasteiger partial charge in [0.2, 0.25) is 0 Å². The van der Waals surface area contributed by atoms with Crippen molar-refractivity contribution >= 4 is 22.6 Å². The Morgan fingerprint density at radius 1 is 1.71 bits per heavy atom. The Bertz CT molecular complexity index is 55.1. The summed E-state index contributed by atoms with van der Waals surface area (Å²) in [5.74, 6) is 1.06. The molecule has 44 valence electrons. The van der Waals surface area contributed by atoms with Crippen LogP contribution in [0, 0.1) is 5.92 Å². The summed E-state index contributed by atoms with van der Waals surface area (Å²) in [6.07, 6.45) is 1.51. The van der Waals surface area contributed by atoms with Crippen LogP contribution in [0.25, 0.3) is 0 Å². The van der Waals surface area contributed by atoms with Gasteiger partial charge in [-0.1, -0.05) is 0 Å². The van der Waals surface area contributed by atoms with Crippen LogP contribution < -0.4 is 21.2 Å². The first-order valence-electron chi connectivity index (χ1n) is 2.51. The Kier molecular flexibility index (Phi) is 2.67. The molecule has 0 N–H and O–H groups in total. The van der Waals surface area contributed by atoms with Crippen LogP contribution in [0.5, 0.6) is 0 Å². The van der Waals surface area contributed by atoms with Crippen molar-refractivity contribution in [2.75, 3.05) is 4.43 Å². The van der Waals surface area contributed by atoms with Crippen molar-refractivity contribution in [3.63, 3.8) is 0 Å². The zero-order chi connectivity index (χ0) is 5.28. The fraction of sp³-hybridized carbons (Fsp3) is 1.00. The van der Waals surface area contributed by atoms with Gasteiger partial charge in [-0.2, -0.15) is 0 Å². The van der Waals surface area contributed by atoms with Gasteiger partial charge in [0.1, 0.15) is 0 Å². The van der Waals surface area contributed by atoms with Gasteiger partial charge in [-0.25, -0.2) is 0 Å². The quantitative estimate of drug-likeness (QED) is 0.391. The van der Waals surface area contributed by atoms with E-state index in [0.29, 0.717) is 21.2 Å². The van der Waals surface area contributed by atoms with Gasteiger partial charge < -0.3 is 0 Å². The summed E-state index contributed by atoms with van der Waals surface area (Å²) in [7, 11) is 0. The van der Waals surface area contributed by atoms with Gasteiger partial charge in [0.05, 0.1) is 0 Å². The summed E-state index contributed by atoms with van der Waals surface area (Å²) in [5, 5.41) is 0. The molecule has 1 aliphatic rings. The van der Waals surface area contributed by atoms with Crippen LogP contribution in [0.4, 0.5) is 0 Å². The molecule has 0 aliphatic carbocycles. The standard InChI is InChI=1S/C5H9I2/c1-4-2-5(6)7-3-4/h4-5H,2-3H2,1H3/q-1. The van der Waals surface area contributed by atoms with E-state index in [2.05, 4.69) is 29.5 Å². The zero-order valence-electron chi connectivity index (χ0n) is 4.32. The Morgan fingerprint density at radius 3 is 2.57 bits per heavy atom. The molecule has 0 bridgehead atoms. The van der Waals surface area contributed by atoms with E-state index in [0.717, 1.165) is 7.85 Å². The molecule has 2 unspecified atom stereocenters. The van der Waals surface area contributed by atoms with Crippen molar-refractivity contribution < 1.29 is 21.2 Å². The fourth-order valence-electron chi connectivity index (χ4n) is 0.679. The van der Waals surface area contributed by atoms with E-state index in [1.165, 1.54) is 6.42 Å². The zero-order valence-corrected chi connectivity index (χ0v) is 8.64. The molecular formula is C5H9I2-. The van der Waals surface area contributed by atoms with Crippen LogP contribution in [-0.4, -0.2) is 6.36 Å². The van der Waals surface area contributed by atoms with E-state index in [1.807, 2.05) is 0 Å². The monoisotopic (exact) mass is 323 g/mol. The molecule has 0 radical (unpaired) electrons. The minimum absolute atomic E-state index is 0.626. The molecule has 0 aromatic heterocycles. The second-order valence-corrected chi connectivity index (χ2v) is 9.19. The van der Waals surface area contributed by atoms with Crippen molar-refractivity contribution in [1.29, 1.82) is 0 Å². The summed E-state index contributed by atoms with van der Waals surface area (Å²) in [5.41, 5.74) is 0. The third-order valence-electron chi connectivity index (χ3n) is 1.10. The molecule has 0 spiro atoms. The summed E-state index contributed by atoms with van der Waals surface area (Å²) in [4.78, 5) is 0. The fourth-order valence-corrected chi connectivity index (χ4v) is 5.84. The molecule has 0 aromatic carbocycles. The molecule has 0 saturated carbocycles. The second-order valence-electron chi connectivity index (χ2n) is 2.04. The summed E-state index contributed by atoms with van der Waals surface area (Å²) >= 11 is 3.22. The third kappa shape index (κ3) is 2.03. The predicted octanol–water partition coefficient (Wildman–Crippen LogP) is -1.12. The molecule has 2 heteroatoms. The number of rotatable bonds is 0. The van der Waals surface area contributed by atoms with Crippen LogP contribution in [0.15, 0.2) is 0 Å². The van der Waals surface area contributed by atoms with Gasteiger partial charge in [0.15, 0.2) is 0 Å². The molecule has 7 heavy (non-hydrogen) atoms. The van der Waals surface area contributed by atoms with Gasteiger partial charge in [-0.15, -0.1) is 0 Å². The van der Waals surface area contributed by atoms with Crippen LogP contribution >= 0.6 is 22.6 Å². The number of alkyl halides is 3. The first-order valence-corrected chi connectivity index (χ1v) is 6.52. The van der Waals surface area contributed by atoms with Crippen molar-refractivity contribution in [1.82, 2.24) is 0 Å². The number of halogens is 2. The summed E-state index contributed by atoms with van der Waals surface area (Å²) < 4.78 is 2.68. The average molecular weight is 323 g/mol.